The Morgan fingerprint density at radius 1 is 1.38 bits per heavy atom. The van der Waals surface area contributed by atoms with Crippen LogP contribution < -0.4 is 5.32 Å². The highest BCUT2D eigenvalue weighted by molar-refractivity contribution is 8.01. The fourth-order valence-corrected chi connectivity index (χ4v) is 4.33. The van der Waals surface area contributed by atoms with Crippen molar-refractivity contribution in [2.45, 2.75) is 49.9 Å². The summed E-state index contributed by atoms with van der Waals surface area (Å²) in [5, 5.41) is 3.52. The van der Waals surface area contributed by atoms with Gasteiger partial charge in [0.1, 0.15) is 5.78 Å². The summed E-state index contributed by atoms with van der Waals surface area (Å²) < 4.78 is 0.293. The van der Waals surface area contributed by atoms with E-state index < -0.39 is 0 Å². The van der Waals surface area contributed by atoms with Crippen molar-refractivity contribution in [2.24, 2.45) is 0 Å². The summed E-state index contributed by atoms with van der Waals surface area (Å²) in [5.41, 5.74) is 0. The Morgan fingerprint density at radius 3 is 2.46 bits per heavy atom. The van der Waals surface area contributed by atoms with Gasteiger partial charge in [0.2, 0.25) is 0 Å². The van der Waals surface area contributed by atoms with E-state index in [0.717, 1.165) is 25.0 Å². The third kappa shape index (κ3) is 1.91. The Bertz CT molecular complexity index is 219. The number of carbonyl (C=O) groups excluding carboxylic acids is 1. The van der Waals surface area contributed by atoms with Gasteiger partial charge in [-0.15, -0.1) is 11.8 Å². The number of thioether (sulfide) groups is 1. The zero-order valence-electron chi connectivity index (χ0n) is 8.30. The number of hydrogen-bond donors (Lipinski definition) is 1. The van der Waals surface area contributed by atoms with Crippen LogP contribution in [-0.2, 0) is 4.79 Å². The van der Waals surface area contributed by atoms with E-state index in [1.54, 1.807) is 0 Å². The molecule has 1 spiro atoms. The van der Waals surface area contributed by atoms with E-state index >= 15 is 0 Å². The molecule has 0 aromatic rings. The van der Waals surface area contributed by atoms with Gasteiger partial charge in [-0.2, -0.15) is 0 Å². The Labute approximate surface area is 83.8 Å². The van der Waals surface area contributed by atoms with Crippen LogP contribution in [-0.4, -0.2) is 28.4 Å². The molecule has 13 heavy (non-hydrogen) atoms. The highest BCUT2D eigenvalue weighted by atomic mass is 32.2. The lowest BCUT2D eigenvalue weighted by Crippen LogP contribution is -2.49. The second-order valence-electron chi connectivity index (χ2n) is 4.56. The van der Waals surface area contributed by atoms with Crippen molar-refractivity contribution < 1.29 is 4.79 Å². The van der Waals surface area contributed by atoms with Gasteiger partial charge in [-0.05, 0) is 26.7 Å². The number of hydrogen-bond acceptors (Lipinski definition) is 3. The van der Waals surface area contributed by atoms with Crippen LogP contribution in [0.25, 0.3) is 0 Å². The Balaban J connectivity index is 2.09. The van der Waals surface area contributed by atoms with E-state index in [0.29, 0.717) is 22.6 Å². The van der Waals surface area contributed by atoms with Crippen LogP contribution in [0.1, 0.15) is 33.1 Å². The Hall–Kier alpha value is -0.0200. The summed E-state index contributed by atoms with van der Waals surface area (Å²) in [4.78, 5) is 11.3. The second kappa shape index (κ2) is 3.28. The van der Waals surface area contributed by atoms with Gasteiger partial charge in [0.05, 0.1) is 5.75 Å². The van der Waals surface area contributed by atoms with E-state index in [1.807, 2.05) is 11.8 Å². The predicted octanol–water partition coefficient (Wildman–Crippen LogP) is 1.59. The van der Waals surface area contributed by atoms with Gasteiger partial charge in [0, 0.05) is 23.3 Å². The van der Waals surface area contributed by atoms with Crippen LogP contribution in [0.4, 0.5) is 0 Å². The molecule has 2 aliphatic rings. The van der Waals surface area contributed by atoms with Gasteiger partial charge in [-0.1, -0.05) is 0 Å². The lowest BCUT2D eigenvalue weighted by atomic mass is 9.85. The van der Waals surface area contributed by atoms with Crippen LogP contribution in [0, 0.1) is 0 Å². The van der Waals surface area contributed by atoms with E-state index in [2.05, 4.69) is 19.2 Å². The van der Waals surface area contributed by atoms with Gasteiger partial charge in [0.15, 0.2) is 0 Å². The van der Waals surface area contributed by atoms with E-state index in [4.69, 9.17) is 0 Å². The normalized spacial score (nSPS) is 45.8. The minimum absolute atomic E-state index is 0.293. The molecule has 2 nitrogen and oxygen atoms in total. The average Bonchev–Trinajstić information content (AvgIpc) is 2.28. The van der Waals surface area contributed by atoms with Crippen LogP contribution in [0.15, 0.2) is 0 Å². The first-order valence-corrected chi connectivity index (χ1v) is 6.00. The third-order valence-corrected chi connectivity index (χ3v) is 4.54. The number of ketones is 1. The quantitative estimate of drug-likeness (QED) is 0.642. The van der Waals surface area contributed by atoms with Crippen LogP contribution in [0.3, 0.4) is 0 Å². The van der Waals surface area contributed by atoms with E-state index in [1.165, 1.54) is 0 Å². The molecule has 74 valence electrons. The minimum Gasteiger partial charge on any atom is -0.312 e. The molecule has 2 unspecified atom stereocenters. The summed E-state index contributed by atoms with van der Waals surface area (Å²) in [6.45, 7) is 4.45. The first-order chi connectivity index (χ1) is 6.10. The van der Waals surface area contributed by atoms with Crippen LogP contribution in [0.5, 0.6) is 0 Å². The third-order valence-electron chi connectivity index (χ3n) is 2.98. The van der Waals surface area contributed by atoms with Crippen LogP contribution >= 0.6 is 11.8 Å². The SMILES string of the molecule is CC1CC2(CC(=O)CS2)CC(C)N1. The van der Waals surface area contributed by atoms with E-state index in [9.17, 15) is 4.79 Å². The second-order valence-corrected chi connectivity index (χ2v) is 6.01. The highest BCUT2D eigenvalue weighted by Gasteiger charge is 2.43. The highest BCUT2D eigenvalue weighted by Crippen LogP contribution is 2.45. The van der Waals surface area contributed by atoms with E-state index in [-0.39, 0.29) is 0 Å². The molecule has 0 aromatic carbocycles. The van der Waals surface area contributed by atoms with Gasteiger partial charge < -0.3 is 5.32 Å². The fourth-order valence-electron chi connectivity index (χ4n) is 2.76. The molecule has 0 aliphatic carbocycles. The fraction of sp³-hybridized carbons (Fsp3) is 0.900. The summed E-state index contributed by atoms with van der Waals surface area (Å²) in [7, 11) is 0. The Kier molecular flexibility index (Phi) is 2.41. The standard InChI is InChI=1S/C10H17NOS/c1-7-3-10(4-8(2)11-7)5-9(12)6-13-10/h7-8,11H,3-6H2,1-2H3. The summed E-state index contributed by atoms with van der Waals surface area (Å²) >= 11 is 1.89. The molecule has 2 aliphatic heterocycles. The average molecular weight is 199 g/mol. The van der Waals surface area contributed by atoms with Crippen molar-refractivity contribution in [1.29, 1.82) is 0 Å². The number of nitrogens with one attached hydrogen (secondary N) is 1. The van der Waals surface area contributed by atoms with Crippen LogP contribution in [0.2, 0.25) is 0 Å². The topological polar surface area (TPSA) is 29.1 Å². The molecule has 2 fully saturated rings. The Morgan fingerprint density at radius 2 is 2.00 bits per heavy atom. The molecule has 0 radical (unpaired) electrons. The minimum atomic E-state index is 0.293. The molecule has 0 bridgehead atoms. The molecule has 0 aromatic heterocycles. The molecule has 2 rings (SSSR count). The molecule has 2 atom stereocenters. The number of rotatable bonds is 0. The molecule has 2 heterocycles. The smallest absolute Gasteiger partial charge is 0.144 e. The van der Waals surface area contributed by atoms with Gasteiger partial charge in [-0.25, -0.2) is 0 Å². The molecule has 1 N–H and O–H groups in total. The molecule has 3 heteroatoms. The molecule has 0 saturated carbocycles. The number of piperidine rings is 1. The predicted molar refractivity (Wildman–Crippen MR) is 56.1 cm³/mol. The largest absolute Gasteiger partial charge is 0.312 e. The van der Waals surface area contributed by atoms with Crippen molar-refractivity contribution in [2.75, 3.05) is 5.75 Å². The summed E-state index contributed by atoms with van der Waals surface area (Å²) in [6, 6.07) is 1.14. The molecule has 0 amide bonds. The van der Waals surface area contributed by atoms with Gasteiger partial charge >= 0.3 is 0 Å². The lowest BCUT2D eigenvalue weighted by molar-refractivity contribution is -0.116. The van der Waals surface area contributed by atoms with Gasteiger partial charge in [0.25, 0.3) is 0 Å². The summed E-state index contributed by atoms with van der Waals surface area (Å²) in [5.74, 6) is 1.20. The maximum absolute atomic E-state index is 11.3. The zero-order chi connectivity index (χ0) is 9.47. The molecule has 2 saturated heterocycles. The maximum atomic E-state index is 11.3. The molecular weight excluding hydrogens is 182 g/mol. The van der Waals surface area contributed by atoms with Crippen molar-refractivity contribution >= 4 is 17.5 Å². The van der Waals surface area contributed by atoms with Crippen molar-refractivity contribution in [3.63, 3.8) is 0 Å². The zero-order valence-corrected chi connectivity index (χ0v) is 9.12. The number of Topliss-reactive ketones (excluding diaryl/α,β-unsaturated/α-hetero) is 1. The summed E-state index contributed by atoms with van der Waals surface area (Å²) in [6.07, 6.45) is 3.13. The van der Waals surface area contributed by atoms with Crippen molar-refractivity contribution in [3.05, 3.63) is 0 Å². The van der Waals surface area contributed by atoms with Crippen molar-refractivity contribution in [3.8, 4) is 0 Å². The molecular formula is C10H17NOS. The van der Waals surface area contributed by atoms with Crippen molar-refractivity contribution in [1.82, 2.24) is 5.32 Å². The first kappa shape index (κ1) is 9.53. The monoisotopic (exact) mass is 199 g/mol. The first-order valence-electron chi connectivity index (χ1n) is 5.01. The number of carbonyl (C=O) groups is 1. The van der Waals surface area contributed by atoms with Gasteiger partial charge in [-0.3, -0.25) is 4.79 Å². The lowest BCUT2D eigenvalue weighted by Gasteiger charge is -2.39. The maximum Gasteiger partial charge on any atom is 0.144 e.